The zero-order valence-electron chi connectivity index (χ0n) is 7.26. The van der Waals surface area contributed by atoms with Crippen molar-refractivity contribution in [1.29, 1.82) is 0 Å². The van der Waals surface area contributed by atoms with Crippen molar-refractivity contribution in [2.45, 2.75) is 32.3 Å². The van der Waals surface area contributed by atoms with E-state index in [2.05, 4.69) is 12.2 Å². The molecule has 0 saturated carbocycles. The van der Waals surface area contributed by atoms with Gasteiger partial charge >= 0.3 is 0 Å². The molecule has 0 aromatic heterocycles. The van der Waals surface area contributed by atoms with E-state index in [-0.39, 0.29) is 12.4 Å². The predicted octanol–water partition coefficient (Wildman–Crippen LogP) is 1.18. The lowest BCUT2D eigenvalue weighted by molar-refractivity contribution is 0.00519. The molecule has 2 atom stereocenters. The molecule has 2 unspecified atom stereocenters. The Labute approximate surface area is 74.8 Å². The van der Waals surface area contributed by atoms with E-state index in [4.69, 9.17) is 0 Å². The van der Waals surface area contributed by atoms with Gasteiger partial charge in [0.2, 0.25) is 0 Å². The van der Waals surface area contributed by atoms with Crippen LogP contribution >= 0.6 is 12.4 Å². The third-order valence-electron chi connectivity index (χ3n) is 2.55. The van der Waals surface area contributed by atoms with Crippen molar-refractivity contribution in [3.05, 3.63) is 0 Å². The van der Waals surface area contributed by atoms with Gasteiger partial charge < -0.3 is 10.4 Å². The second-order valence-electron chi connectivity index (χ2n) is 3.57. The lowest BCUT2D eigenvalue weighted by Gasteiger charge is -2.27. The summed E-state index contributed by atoms with van der Waals surface area (Å²) in [5, 5.41) is 13.1. The fraction of sp³-hybridized carbons (Fsp3) is 1.00. The first-order valence-electron chi connectivity index (χ1n) is 4.06. The Hall–Kier alpha value is 0.210. The second kappa shape index (κ2) is 4.29. The third-order valence-corrected chi connectivity index (χ3v) is 2.55. The molecule has 1 rings (SSSR count). The molecule has 2 nitrogen and oxygen atoms in total. The summed E-state index contributed by atoms with van der Waals surface area (Å²) >= 11 is 0. The minimum atomic E-state index is -0.441. The van der Waals surface area contributed by atoms with E-state index in [1.807, 2.05) is 6.92 Å². The summed E-state index contributed by atoms with van der Waals surface area (Å²) in [5.74, 6) is 0.384. The number of rotatable bonds is 0. The molecule has 1 aliphatic heterocycles. The maximum absolute atomic E-state index is 9.78. The van der Waals surface area contributed by atoms with Gasteiger partial charge in [-0.3, -0.25) is 0 Å². The van der Waals surface area contributed by atoms with E-state index in [0.717, 1.165) is 25.9 Å². The van der Waals surface area contributed by atoms with Crippen molar-refractivity contribution >= 4 is 12.4 Å². The molecule has 3 heteroatoms. The van der Waals surface area contributed by atoms with Crippen molar-refractivity contribution in [2.75, 3.05) is 13.1 Å². The molecule has 0 aliphatic carbocycles. The van der Waals surface area contributed by atoms with Gasteiger partial charge in [-0.1, -0.05) is 6.92 Å². The van der Waals surface area contributed by atoms with E-state index in [0.29, 0.717) is 5.92 Å². The highest BCUT2D eigenvalue weighted by Crippen LogP contribution is 2.23. The molecule has 1 fully saturated rings. The molecule has 0 aromatic carbocycles. The van der Waals surface area contributed by atoms with Crippen LogP contribution in [0.2, 0.25) is 0 Å². The smallest absolute Gasteiger partial charge is 0.0657 e. The van der Waals surface area contributed by atoms with E-state index in [1.165, 1.54) is 0 Å². The Morgan fingerprint density at radius 2 is 2.18 bits per heavy atom. The largest absolute Gasteiger partial charge is 0.390 e. The minimum absolute atomic E-state index is 0. The molecule has 1 saturated heterocycles. The number of halogens is 1. The van der Waals surface area contributed by atoms with Crippen LogP contribution in [-0.2, 0) is 0 Å². The maximum Gasteiger partial charge on any atom is 0.0657 e. The van der Waals surface area contributed by atoms with E-state index < -0.39 is 5.60 Å². The average Bonchev–Trinajstić information content (AvgIpc) is 1.96. The summed E-state index contributed by atoms with van der Waals surface area (Å²) in [6.07, 6.45) is 2.03. The van der Waals surface area contributed by atoms with Crippen molar-refractivity contribution in [3.63, 3.8) is 0 Å². The summed E-state index contributed by atoms with van der Waals surface area (Å²) in [6, 6.07) is 0. The zero-order valence-corrected chi connectivity index (χ0v) is 8.08. The van der Waals surface area contributed by atoms with Crippen LogP contribution < -0.4 is 5.32 Å². The normalized spacial score (nSPS) is 39.0. The minimum Gasteiger partial charge on any atom is -0.390 e. The molecule has 0 radical (unpaired) electrons. The summed E-state index contributed by atoms with van der Waals surface area (Å²) in [5.41, 5.74) is -0.441. The van der Waals surface area contributed by atoms with Crippen LogP contribution in [0.3, 0.4) is 0 Å². The number of aliphatic hydroxyl groups is 1. The Morgan fingerprint density at radius 1 is 1.55 bits per heavy atom. The molecule has 0 spiro atoms. The van der Waals surface area contributed by atoms with Crippen LogP contribution in [0.25, 0.3) is 0 Å². The van der Waals surface area contributed by atoms with Gasteiger partial charge in [0.1, 0.15) is 0 Å². The molecular weight excluding hydrogens is 162 g/mol. The third kappa shape index (κ3) is 2.97. The predicted molar refractivity (Wildman–Crippen MR) is 49.1 cm³/mol. The maximum atomic E-state index is 9.78. The van der Waals surface area contributed by atoms with Gasteiger partial charge in [0.05, 0.1) is 5.60 Å². The summed E-state index contributed by atoms with van der Waals surface area (Å²) in [4.78, 5) is 0. The van der Waals surface area contributed by atoms with Crippen molar-refractivity contribution in [1.82, 2.24) is 5.32 Å². The van der Waals surface area contributed by atoms with Crippen LogP contribution in [0.4, 0.5) is 0 Å². The molecule has 2 N–H and O–H groups in total. The van der Waals surface area contributed by atoms with E-state index in [1.54, 1.807) is 0 Å². The lowest BCUT2D eigenvalue weighted by atomic mass is 9.88. The van der Waals surface area contributed by atoms with Gasteiger partial charge in [-0.15, -0.1) is 12.4 Å². The van der Waals surface area contributed by atoms with Crippen LogP contribution in [-0.4, -0.2) is 23.8 Å². The van der Waals surface area contributed by atoms with Gasteiger partial charge in [0.25, 0.3) is 0 Å². The van der Waals surface area contributed by atoms with Gasteiger partial charge in [0.15, 0.2) is 0 Å². The first-order chi connectivity index (χ1) is 4.63. The molecule has 0 bridgehead atoms. The van der Waals surface area contributed by atoms with E-state index in [9.17, 15) is 5.11 Å². The standard InChI is InChI=1S/C8H17NO.ClH/c1-7-6-9-5-3-4-8(7,2)10;/h7,9-10H,3-6H2,1-2H3;1H. The summed E-state index contributed by atoms with van der Waals surface area (Å²) in [7, 11) is 0. The fourth-order valence-corrected chi connectivity index (χ4v) is 1.36. The molecule has 11 heavy (non-hydrogen) atoms. The SMILES string of the molecule is CC1CNCCCC1(C)O.Cl. The Balaban J connectivity index is 0.000001000. The summed E-state index contributed by atoms with van der Waals surface area (Å²) in [6.45, 7) is 6.04. The highest BCUT2D eigenvalue weighted by Gasteiger charge is 2.28. The summed E-state index contributed by atoms with van der Waals surface area (Å²) < 4.78 is 0. The first kappa shape index (κ1) is 11.2. The quantitative estimate of drug-likeness (QED) is 0.586. The van der Waals surface area contributed by atoms with Crippen LogP contribution in [0.15, 0.2) is 0 Å². The molecule has 1 heterocycles. The monoisotopic (exact) mass is 179 g/mol. The van der Waals surface area contributed by atoms with Gasteiger partial charge in [0, 0.05) is 6.54 Å². The van der Waals surface area contributed by atoms with E-state index >= 15 is 0 Å². The highest BCUT2D eigenvalue weighted by atomic mass is 35.5. The van der Waals surface area contributed by atoms with Crippen molar-refractivity contribution in [2.24, 2.45) is 5.92 Å². The topological polar surface area (TPSA) is 32.3 Å². The Kier molecular flexibility index (Phi) is 4.37. The van der Waals surface area contributed by atoms with Crippen molar-refractivity contribution in [3.8, 4) is 0 Å². The Bertz CT molecular complexity index is 117. The zero-order chi connectivity index (χ0) is 7.61. The average molecular weight is 180 g/mol. The van der Waals surface area contributed by atoms with Crippen LogP contribution in [0, 0.1) is 5.92 Å². The highest BCUT2D eigenvalue weighted by molar-refractivity contribution is 5.85. The molecule has 1 aliphatic rings. The van der Waals surface area contributed by atoms with Gasteiger partial charge in [-0.25, -0.2) is 0 Å². The molecule has 68 valence electrons. The first-order valence-corrected chi connectivity index (χ1v) is 4.06. The number of nitrogens with one attached hydrogen (secondary N) is 1. The fourth-order valence-electron chi connectivity index (χ4n) is 1.36. The number of hydrogen-bond acceptors (Lipinski definition) is 2. The lowest BCUT2D eigenvalue weighted by Crippen LogP contribution is -2.35. The Morgan fingerprint density at radius 3 is 2.82 bits per heavy atom. The molecular formula is C8H18ClNO. The van der Waals surface area contributed by atoms with Crippen molar-refractivity contribution < 1.29 is 5.11 Å². The second-order valence-corrected chi connectivity index (χ2v) is 3.57. The number of hydrogen-bond donors (Lipinski definition) is 2. The molecule has 0 aromatic rings. The van der Waals surface area contributed by atoms with Gasteiger partial charge in [-0.05, 0) is 32.2 Å². The van der Waals surface area contributed by atoms with Gasteiger partial charge in [-0.2, -0.15) is 0 Å². The van der Waals surface area contributed by atoms with Crippen LogP contribution in [0.1, 0.15) is 26.7 Å². The van der Waals surface area contributed by atoms with Crippen LogP contribution in [0.5, 0.6) is 0 Å². The molecule has 0 amide bonds.